The number of hydrogen-bond donors (Lipinski definition) is 0. The van der Waals surface area contributed by atoms with Crippen LogP contribution in [0.1, 0.15) is 64.3 Å². The Morgan fingerprint density at radius 3 is 2.94 bits per heavy atom. The summed E-state index contributed by atoms with van der Waals surface area (Å²) in [6.45, 7) is 4.31. The Balaban J connectivity index is 1.45. The Labute approximate surface area is 191 Å². The highest BCUT2D eigenvalue weighted by molar-refractivity contribution is 6.06. The molecule has 5 rings (SSSR count). The second-order valence-corrected chi connectivity index (χ2v) is 8.42. The number of carbonyl (C=O) groups excluding carboxylic acids is 1. The van der Waals surface area contributed by atoms with Crippen molar-refractivity contribution in [2.75, 3.05) is 13.7 Å². The molecule has 1 atom stereocenters. The lowest BCUT2D eigenvalue weighted by Gasteiger charge is -2.34. The zero-order valence-corrected chi connectivity index (χ0v) is 19.0. The van der Waals surface area contributed by atoms with E-state index >= 15 is 0 Å². The molecule has 8 heteroatoms. The van der Waals surface area contributed by atoms with Crippen molar-refractivity contribution in [1.29, 1.82) is 0 Å². The number of ether oxygens (including phenoxy) is 1. The van der Waals surface area contributed by atoms with Crippen molar-refractivity contribution in [2.24, 2.45) is 0 Å². The number of nitrogens with zero attached hydrogens (tertiary/aromatic N) is 4. The number of rotatable bonds is 5. The Hall–Kier alpha value is -3.68. The van der Waals surface area contributed by atoms with Crippen LogP contribution in [0.3, 0.4) is 0 Å². The number of methoxy groups -OCH3 is 1. The second-order valence-electron chi connectivity index (χ2n) is 8.42. The number of aryl methyl sites for hydroxylation is 2. The van der Waals surface area contributed by atoms with Crippen LogP contribution in [0, 0.1) is 13.8 Å². The van der Waals surface area contributed by atoms with Gasteiger partial charge in [-0.15, -0.1) is 0 Å². The molecular formula is C25H26N4O4. The van der Waals surface area contributed by atoms with Crippen LogP contribution in [0.4, 0.5) is 0 Å². The first-order valence-corrected chi connectivity index (χ1v) is 11.2. The van der Waals surface area contributed by atoms with Crippen LogP contribution < -0.4 is 4.74 Å². The molecule has 0 aliphatic carbocycles. The van der Waals surface area contributed by atoms with Gasteiger partial charge in [-0.2, -0.15) is 0 Å². The first-order chi connectivity index (χ1) is 16.0. The van der Waals surface area contributed by atoms with E-state index in [-0.39, 0.29) is 11.9 Å². The molecule has 170 valence electrons. The molecule has 1 saturated heterocycles. The van der Waals surface area contributed by atoms with Gasteiger partial charge in [-0.05, 0) is 45.2 Å². The second kappa shape index (κ2) is 8.69. The van der Waals surface area contributed by atoms with Crippen LogP contribution in [0.2, 0.25) is 0 Å². The summed E-state index contributed by atoms with van der Waals surface area (Å²) < 4.78 is 16.9. The molecule has 0 radical (unpaired) electrons. The maximum atomic E-state index is 13.7. The summed E-state index contributed by atoms with van der Waals surface area (Å²) in [6, 6.07) is 9.44. The Morgan fingerprint density at radius 2 is 2.09 bits per heavy atom. The van der Waals surface area contributed by atoms with Crippen molar-refractivity contribution < 1.29 is 18.5 Å². The third kappa shape index (κ3) is 3.97. The van der Waals surface area contributed by atoms with Crippen LogP contribution in [0.15, 0.2) is 45.5 Å². The summed E-state index contributed by atoms with van der Waals surface area (Å²) in [7, 11) is 1.66. The molecule has 0 N–H and O–H groups in total. The number of carbonyl (C=O) groups is 1. The third-order valence-electron chi connectivity index (χ3n) is 6.15. The zero-order valence-electron chi connectivity index (χ0n) is 19.0. The van der Waals surface area contributed by atoms with Gasteiger partial charge in [0.25, 0.3) is 11.6 Å². The molecule has 0 spiro atoms. The fraction of sp³-hybridized carbons (Fsp3) is 0.360. The first kappa shape index (κ1) is 21.2. The number of para-hydroxylation sites is 1. The highest BCUT2D eigenvalue weighted by Crippen LogP contribution is 2.34. The molecule has 4 heterocycles. The van der Waals surface area contributed by atoms with Gasteiger partial charge in [0.2, 0.25) is 5.89 Å². The van der Waals surface area contributed by atoms with Crippen molar-refractivity contribution in [3.8, 4) is 5.75 Å². The molecule has 0 saturated carbocycles. The van der Waals surface area contributed by atoms with Gasteiger partial charge in [0.15, 0.2) is 0 Å². The summed E-state index contributed by atoms with van der Waals surface area (Å²) in [5.74, 6) is 2.04. The number of fused-ring (bicyclic) bond motifs is 1. The molecular weight excluding hydrogens is 420 g/mol. The van der Waals surface area contributed by atoms with E-state index in [4.69, 9.17) is 13.7 Å². The summed E-state index contributed by atoms with van der Waals surface area (Å²) in [5, 5.41) is 4.68. The fourth-order valence-electron chi connectivity index (χ4n) is 4.57. The van der Waals surface area contributed by atoms with Crippen molar-refractivity contribution in [3.05, 3.63) is 70.7 Å². The van der Waals surface area contributed by atoms with E-state index in [0.29, 0.717) is 46.9 Å². The maximum Gasteiger partial charge on any atom is 0.258 e. The lowest BCUT2D eigenvalue weighted by molar-refractivity contribution is 0.0572. The molecule has 1 aliphatic heterocycles. The standard InChI is InChI=1S/C25H26N4O4/c1-15-12-19(22-16(2)28-33-24(22)27-15)25(30)29-11-7-6-9-20(29)23-26-14-18(32-23)13-17-8-4-5-10-21(17)31-3/h4-5,8,10,12,14,20H,6-7,9,11,13H2,1-3H3/t20-/m1/s1. The number of aromatic nitrogens is 3. The molecule has 1 aromatic carbocycles. The summed E-state index contributed by atoms with van der Waals surface area (Å²) >= 11 is 0. The largest absolute Gasteiger partial charge is 0.496 e. The number of oxazole rings is 1. The molecule has 8 nitrogen and oxygen atoms in total. The van der Waals surface area contributed by atoms with Gasteiger partial charge < -0.3 is 18.6 Å². The van der Waals surface area contributed by atoms with Gasteiger partial charge in [0.05, 0.1) is 30.0 Å². The topological polar surface area (TPSA) is 94.5 Å². The lowest BCUT2D eigenvalue weighted by Crippen LogP contribution is -2.38. The molecule has 33 heavy (non-hydrogen) atoms. The van der Waals surface area contributed by atoms with Gasteiger partial charge in [-0.1, -0.05) is 23.4 Å². The van der Waals surface area contributed by atoms with Crippen LogP contribution in [0.5, 0.6) is 5.75 Å². The van der Waals surface area contributed by atoms with Crippen LogP contribution >= 0.6 is 0 Å². The van der Waals surface area contributed by atoms with Crippen LogP contribution in [-0.4, -0.2) is 39.6 Å². The minimum Gasteiger partial charge on any atom is -0.496 e. The molecule has 3 aromatic heterocycles. The van der Waals surface area contributed by atoms with Crippen molar-refractivity contribution in [2.45, 2.75) is 45.6 Å². The van der Waals surface area contributed by atoms with Crippen molar-refractivity contribution >= 4 is 17.0 Å². The van der Waals surface area contributed by atoms with E-state index < -0.39 is 0 Å². The number of hydrogen-bond acceptors (Lipinski definition) is 7. The van der Waals surface area contributed by atoms with E-state index in [1.807, 2.05) is 49.1 Å². The minimum atomic E-state index is -0.221. The van der Waals surface area contributed by atoms with Crippen molar-refractivity contribution in [3.63, 3.8) is 0 Å². The minimum absolute atomic E-state index is 0.0778. The molecule has 0 bridgehead atoms. The first-order valence-electron chi connectivity index (χ1n) is 11.2. The SMILES string of the molecule is COc1ccccc1Cc1cnc([C@H]2CCCCN2C(=O)c2cc(C)nc3onc(C)c23)o1. The average Bonchev–Trinajstić information content (AvgIpc) is 3.45. The number of amides is 1. The van der Waals surface area contributed by atoms with E-state index in [1.54, 1.807) is 13.3 Å². The fourth-order valence-corrected chi connectivity index (χ4v) is 4.57. The smallest absolute Gasteiger partial charge is 0.258 e. The Kier molecular flexibility index (Phi) is 5.58. The van der Waals surface area contributed by atoms with E-state index in [9.17, 15) is 4.79 Å². The normalized spacial score (nSPS) is 16.3. The highest BCUT2D eigenvalue weighted by atomic mass is 16.5. The van der Waals surface area contributed by atoms with Crippen LogP contribution in [0.25, 0.3) is 11.1 Å². The molecule has 0 unspecified atom stereocenters. The zero-order chi connectivity index (χ0) is 22.9. The summed E-state index contributed by atoms with van der Waals surface area (Å²) in [6.07, 6.45) is 5.07. The predicted octanol–water partition coefficient (Wildman–Crippen LogP) is 4.79. The van der Waals surface area contributed by atoms with Gasteiger partial charge in [0, 0.05) is 24.2 Å². The van der Waals surface area contributed by atoms with Gasteiger partial charge in [-0.25, -0.2) is 9.97 Å². The van der Waals surface area contributed by atoms with E-state index in [2.05, 4.69) is 15.1 Å². The summed E-state index contributed by atoms with van der Waals surface area (Å²) in [4.78, 5) is 24.5. The molecule has 1 fully saturated rings. The lowest BCUT2D eigenvalue weighted by atomic mass is 9.99. The molecule has 1 amide bonds. The van der Waals surface area contributed by atoms with Crippen molar-refractivity contribution in [1.82, 2.24) is 20.0 Å². The third-order valence-corrected chi connectivity index (χ3v) is 6.15. The summed E-state index contributed by atoms with van der Waals surface area (Å²) in [5.41, 5.74) is 3.34. The van der Waals surface area contributed by atoms with E-state index in [1.165, 1.54) is 0 Å². The Bertz CT molecular complexity index is 1310. The number of pyridine rings is 1. The number of likely N-dealkylation sites (tertiary alicyclic amines) is 1. The maximum absolute atomic E-state index is 13.7. The average molecular weight is 447 g/mol. The van der Waals surface area contributed by atoms with E-state index in [0.717, 1.165) is 36.3 Å². The molecule has 4 aromatic rings. The monoisotopic (exact) mass is 446 g/mol. The quantitative estimate of drug-likeness (QED) is 0.435. The van der Waals surface area contributed by atoms with Gasteiger partial charge in [0.1, 0.15) is 17.6 Å². The number of piperidine rings is 1. The van der Waals surface area contributed by atoms with Gasteiger partial charge >= 0.3 is 0 Å². The highest BCUT2D eigenvalue weighted by Gasteiger charge is 2.33. The van der Waals surface area contributed by atoms with Gasteiger partial charge in [-0.3, -0.25) is 4.79 Å². The predicted molar refractivity (Wildman–Crippen MR) is 121 cm³/mol. The number of benzene rings is 1. The van der Waals surface area contributed by atoms with Crippen LogP contribution in [-0.2, 0) is 6.42 Å². The molecule has 1 aliphatic rings. The Morgan fingerprint density at radius 1 is 1.24 bits per heavy atom.